The van der Waals surface area contributed by atoms with Gasteiger partial charge in [-0.3, -0.25) is 19.7 Å². The van der Waals surface area contributed by atoms with Crippen molar-refractivity contribution in [3.05, 3.63) is 57.8 Å². The molecule has 8 heteroatoms. The van der Waals surface area contributed by atoms with Gasteiger partial charge in [-0.1, -0.05) is 26.0 Å². The number of aromatic nitrogens is 1. The van der Waals surface area contributed by atoms with E-state index >= 15 is 0 Å². The van der Waals surface area contributed by atoms with E-state index in [9.17, 15) is 19.7 Å². The average molecular weight is 356 g/mol. The maximum Gasteiger partial charge on any atom is 0.308 e. The number of carbonyl (C=O) groups excluding carboxylic acids is 2. The highest BCUT2D eigenvalue weighted by atomic mass is 16.6. The molecule has 1 unspecified atom stereocenters. The molecule has 0 aliphatic heterocycles. The van der Waals surface area contributed by atoms with Gasteiger partial charge >= 0.3 is 5.97 Å². The topological polar surface area (TPSA) is 109 Å². The summed E-state index contributed by atoms with van der Waals surface area (Å²) in [6.45, 7) is 3.44. The third-order valence-corrected chi connectivity index (χ3v) is 3.93. The van der Waals surface area contributed by atoms with E-state index in [-0.39, 0.29) is 41.4 Å². The number of fused-ring (bicyclic) bond motifs is 1. The molecule has 0 bridgehead atoms. The maximum atomic E-state index is 12.4. The molecule has 0 amide bonds. The van der Waals surface area contributed by atoms with Gasteiger partial charge in [0.1, 0.15) is 18.1 Å². The van der Waals surface area contributed by atoms with Gasteiger partial charge in [0.2, 0.25) is 5.88 Å². The first-order chi connectivity index (χ1) is 12.4. The lowest BCUT2D eigenvalue weighted by Gasteiger charge is -2.15. The summed E-state index contributed by atoms with van der Waals surface area (Å²) < 4.78 is 11.0. The number of carbonyl (C=O) groups is 2. The van der Waals surface area contributed by atoms with Crippen LogP contribution in [0, 0.1) is 16.0 Å². The molecule has 0 radical (unpaired) electrons. The number of pyridine rings is 1. The van der Waals surface area contributed by atoms with Gasteiger partial charge in [0.15, 0.2) is 5.78 Å². The first-order valence-corrected chi connectivity index (χ1v) is 8.01. The monoisotopic (exact) mass is 356 g/mol. The Bertz CT molecular complexity index is 876. The van der Waals surface area contributed by atoms with Crippen molar-refractivity contribution < 1.29 is 24.0 Å². The molecule has 8 nitrogen and oxygen atoms in total. The molecule has 2 aromatic rings. The van der Waals surface area contributed by atoms with Crippen LogP contribution in [0.15, 0.2) is 36.5 Å². The minimum atomic E-state index is -0.638. The van der Waals surface area contributed by atoms with Crippen LogP contribution in [-0.4, -0.2) is 21.7 Å². The van der Waals surface area contributed by atoms with Crippen molar-refractivity contribution in [1.82, 2.24) is 4.98 Å². The van der Waals surface area contributed by atoms with Crippen LogP contribution in [0.1, 0.15) is 42.3 Å². The third kappa shape index (κ3) is 3.39. The van der Waals surface area contributed by atoms with Crippen molar-refractivity contribution in [3.63, 3.8) is 0 Å². The summed E-state index contributed by atoms with van der Waals surface area (Å²) in [6, 6.07) is 7.63. The quantitative estimate of drug-likeness (QED) is 0.457. The Kier molecular flexibility index (Phi) is 4.66. The molecular formula is C18H16N2O6. The molecule has 134 valence electrons. The highest BCUT2D eigenvalue weighted by molar-refractivity contribution is 6.03. The Morgan fingerprint density at radius 1 is 1.31 bits per heavy atom. The predicted octanol–water partition coefficient (Wildman–Crippen LogP) is 3.61. The normalized spacial score (nSPS) is 15.7. The SMILES string of the molecule is CC(C)C(=O)OC1CC(=O)c2c(Oc3ccc([N+](=O)[O-])cn3)cccc21. The fourth-order valence-electron chi connectivity index (χ4n) is 2.62. The van der Waals surface area contributed by atoms with Gasteiger partial charge in [-0.05, 0) is 6.07 Å². The van der Waals surface area contributed by atoms with Crippen LogP contribution < -0.4 is 4.74 Å². The van der Waals surface area contributed by atoms with Gasteiger partial charge in [-0.2, -0.15) is 0 Å². The van der Waals surface area contributed by atoms with Crippen LogP contribution in [0.25, 0.3) is 0 Å². The molecule has 0 fully saturated rings. The average Bonchev–Trinajstić information content (AvgIpc) is 2.92. The molecular weight excluding hydrogens is 340 g/mol. The highest BCUT2D eigenvalue weighted by Crippen LogP contribution is 2.40. The van der Waals surface area contributed by atoms with Crippen LogP contribution >= 0.6 is 0 Å². The maximum absolute atomic E-state index is 12.4. The molecule has 0 spiro atoms. The van der Waals surface area contributed by atoms with E-state index in [1.165, 1.54) is 12.1 Å². The number of ketones is 1. The van der Waals surface area contributed by atoms with E-state index in [4.69, 9.17) is 9.47 Å². The zero-order valence-electron chi connectivity index (χ0n) is 14.2. The van der Waals surface area contributed by atoms with Crippen molar-refractivity contribution in [2.24, 2.45) is 5.92 Å². The zero-order valence-corrected chi connectivity index (χ0v) is 14.2. The van der Waals surface area contributed by atoms with Gasteiger partial charge in [-0.25, -0.2) is 4.98 Å². The summed E-state index contributed by atoms with van der Waals surface area (Å²) in [5.41, 5.74) is 0.769. The van der Waals surface area contributed by atoms with E-state index in [1.54, 1.807) is 32.0 Å². The molecule has 1 aliphatic rings. The lowest BCUT2D eigenvalue weighted by atomic mass is 10.1. The Labute approximate surface area is 148 Å². The number of ether oxygens (including phenoxy) is 2. The largest absolute Gasteiger partial charge is 0.457 e. The zero-order chi connectivity index (χ0) is 18.8. The number of nitrogens with zero attached hydrogens (tertiary/aromatic N) is 2. The van der Waals surface area contributed by atoms with Crippen molar-refractivity contribution in [2.75, 3.05) is 0 Å². The Morgan fingerprint density at radius 3 is 2.69 bits per heavy atom. The van der Waals surface area contributed by atoms with Crippen molar-refractivity contribution in [1.29, 1.82) is 0 Å². The van der Waals surface area contributed by atoms with Crippen molar-refractivity contribution in [3.8, 4) is 11.6 Å². The number of rotatable bonds is 5. The van der Waals surface area contributed by atoms with E-state index < -0.39 is 11.0 Å². The Morgan fingerprint density at radius 2 is 2.08 bits per heavy atom. The fourth-order valence-corrected chi connectivity index (χ4v) is 2.62. The van der Waals surface area contributed by atoms with Gasteiger partial charge in [0.05, 0.1) is 22.8 Å². The second-order valence-electron chi connectivity index (χ2n) is 6.14. The molecule has 3 rings (SSSR count). The second kappa shape index (κ2) is 6.91. The molecule has 0 saturated heterocycles. The standard InChI is InChI=1S/C18H16N2O6/c1-10(2)18(22)26-15-8-13(21)17-12(15)4-3-5-14(17)25-16-7-6-11(9-19-16)20(23)24/h3-7,9-10,15H,8H2,1-2H3. The van der Waals surface area contributed by atoms with E-state index in [1.807, 2.05) is 0 Å². The molecule has 1 aromatic carbocycles. The lowest BCUT2D eigenvalue weighted by Crippen LogP contribution is -2.14. The number of hydrogen-bond acceptors (Lipinski definition) is 7. The van der Waals surface area contributed by atoms with E-state index in [0.29, 0.717) is 11.1 Å². The van der Waals surface area contributed by atoms with Crippen LogP contribution in [-0.2, 0) is 9.53 Å². The minimum Gasteiger partial charge on any atom is -0.457 e. The first kappa shape index (κ1) is 17.5. The lowest BCUT2D eigenvalue weighted by molar-refractivity contribution is -0.385. The summed E-state index contributed by atoms with van der Waals surface area (Å²) >= 11 is 0. The molecule has 0 saturated carbocycles. The highest BCUT2D eigenvalue weighted by Gasteiger charge is 2.35. The van der Waals surface area contributed by atoms with Gasteiger partial charge < -0.3 is 9.47 Å². The van der Waals surface area contributed by atoms with E-state index in [0.717, 1.165) is 6.20 Å². The smallest absolute Gasteiger partial charge is 0.308 e. The summed E-state index contributed by atoms with van der Waals surface area (Å²) in [4.78, 5) is 38.2. The number of Topliss-reactive ketones (excluding diaryl/α,β-unsaturated/α-hetero) is 1. The second-order valence-corrected chi connectivity index (χ2v) is 6.14. The molecule has 26 heavy (non-hydrogen) atoms. The third-order valence-electron chi connectivity index (χ3n) is 3.93. The van der Waals surface area contributed by atoms with Crippen LogP contribution in [0.2, 0.25) is 0 Å². The Hall–Kier alpha value is -3.29. The Balaban J connectivity index is 1.87. The van der Waals surface area contributed by atoms with Crippen LogP contribution in [0.3, 0.4) is 0 Å². The number of benzene rings is 1. The van der Waals surface area contributed by atoms with Crippen molar-refractivity contribution in [2.45, 2.75) is 26.4 Å². The molecule has 1 atom stereocenters. The summed E-state index contributed by atoms with van der Waals surface area (Å²) in [5, 5.41) is 10.7. The van der Waals surface area contributed by atoms with E-state index in [2.05, 4.69) is 4.98 Å². The van der Waals surface area contributed by atoms with Gasteiger partial charge in [-0.15, -0.1) is 0 Å². The van der Waals surface area contributed by atoms with Crippen molar-refractivity contribution >= 4 is 17.4 Å². The summed E-state index contributed by atoms with van der Waals surface area (Å²) in [5.74, 6) is -0.465. The van der Waals surface area contributed by atoms with Gasteiger partial charge in [0.25, 0.3) is 5.69 Å². The predicted molar refractivity (Wildman–Crippen MR) is 90.0 cm³/mol. The molecule has 1 heterocycles. The molecule has 0 N–H and O–H groups in total. The molecule has 1 aliphatic carbocycles. The minimum absolute atomic E-state index is 0.0574. The summed E-state index contributed by atoms with van der Waals surface area (Å²) in [7, 11) is 0. The number of esters is 1. The van der Waals surface area contributed by atoms with Crippen LogP contribution in [0.5, 0.6) is 11.6 Å². The van der Waals surface area contributed by atoms with Crippen LogP contribution in [0.4, 0.5) is 5.69 Å². The summed E-state index contributed by atoms with van der Waals surface area (Å²) in [6.07, 6.45) is 0.496. The number of nitro groups is 1. The molecule has 1 aromatic heterocycles. The van der Waals surface area contributed by atoms with Gasteiger partial charge in [0, 0.05) is 17.7 Å². The fraction of sp³-hybridized carbons (Fsp3) is 0.278. The number of hydrogen-bond donors (Lipinski definition) is 0. The first-order valence-electron chi connectivity index (χ1n) is 8.01.